The molecule has 2 heterocycles. The molecule has 0 saturated carbocycles. The predicted octanol–water partition coefficient (Wildman–Crippen LogP) is 1.72. The van der Waals surface area contributed by atoms with Crippen molar-refractivity contribution < 1.29 is 14.3 Å². The minimum absolute atomic E-state index is 0.282. The Kier molecular flexibility index (Phi) is 3.45. The minimum Gasteiger partial charge on any atom is -0.494 e. The van der Waals surface area contributed by atoms with Crippen LogP contribution in [-0.2, 0) is 10.3 Å². The molecule has 1 atom stereocenters. The van der Waals surface area contributed by atoms with Gasteiger partial charge in [-0.25, -0.2) is 4.79 Å². The molecule has 21 heavy (non-hydrogen) atoms. The second kappa shape index (κ2) is 5.27. The Morgan fingerprint density at radius 1 is 1.33 bits per heavy atom. The number of imide groups is 1. The molecule has 0 radical (unpaired) electrons. The maximum atomic E-state index is 12.2. The zero-order valence-electron chi connectivity index (χ0n) is 12.0. The van der Waals surface area contributed by atoms with Gasteiger partial charge < -0.3 is 15.4 Å². The Morgan fingerprint density at radius 2 is 2.19 bits per heavy atom. The van der Waals surface area contributed by atoms with Crippen LogP contribution in [0.4, 0.5) is 10.5 Å². The molecular weight excluding hydrogens is 270 g/mol. The lowest BCUT2D eigenvalue weighted by atomic mass is 9.83. The van der Waals surface area contributed by atoms with Crippen molar-refractivity contribution in [3.05, 3.63) is 23.8 Å². The molecule has 3 amide bonds. The second-order valence-corrected chi connectivity index (χ2v) is 5.40. The van der Waals surface area contributed by atoms with Crippen molar-refractivity contribution in [3.63, 3.8) is 0 Å². The zero-order valence-corrected chi connectivity index (χ0v) is 12.0. The Morgan fingerprint density at radius 3 is 2.90 bits per heavy atom. The highest BCUT2D eigenvalue weighted by Gasteiger charge is 2.50. The lowest BCUT2D eigenvalue weighted by Gasteiger charge is -2.33. The highest BCUT2D eigenvalue weighted by atomic mass is 16.5. The van der Waals surface area contributed by atoms with Gasteiger partial charge in [-0.15, -0.1) is 0 Å². The summed E-state index contributed by atoms with van der Waals surface area (Å²) >= 11 is 0. The number of hydrogen-bond acceptors (Lipinski definition) is 4. The van der Waals surface area contributed by atoms with Gasteiger partial charge in [0.05, 0.1) is 6.61 Å². The summed E-state index contributed by atoms with van der Waals surface area (Å²) in [4.78, 5) is 23.7. The van der Waals surface area contributed by atoms with Crippen LogP contribution in [0.1, 0.15) is 31.7 Å². The summed E-state index contributed by atoms with van der Waals surface area (Å²) in [5.74, 6) is 0.492. The van der Waals surface area contributed by atoms with E-state index in [-0.39, 0.29) is 5.91 Å². The summed E-state index contributed by atoms with van der Waals surface area (Å²) in [7, 11) is 0. The van der Waals surface area contributed by atoms with Gasteiger partial charge in [-0.3, -0.25) is 10.1 Å². The van der Waals surface area contributed by atoms with Crippen molar-refractivity contribution >= 4 is 17.6 Å². The van der Waals surface area contributed by atoms with Crippen molar-refractivity contribution in [1.29, 1.82) is 0 Å². The maximum Gasteiger partial charge on any atom is 0.322 e. The standard InChI is InChI=1S/C15H19N3O3/c1-2-3-8-21-10-4-5-11-12(9-10)16-7-6-15(11)13(19)17-14(20)18-15/h4-5,9,16H,2-3,6-8H2,1H3,(H2,17,18,19,20). The molecular formula is C15H19N3O3. The van der Waals surface area contributed by atoms with Gasteiger partial charge >= 0.3 is 6.03 Å². The third kappa shape index (κ3) is 2.30. The number of unbranched alkanes of at least 4 members (excludes halogenated alkanes) is 1. The van der Waals surface area contributed by atoms with E-state index in [0.29, 0.717) is 19.6 Å². The molecule has 0 aromatic heterocycles. The van der Waals surface area contributed by atoms with Crippen molar-refractivity contribution in [3.8, 4) is 5.75 Å². The molecule has 2 aliphatic rings. The summed E-state index contributed by atoms with van der Waals surface area (Å²) in [6.07, 6.45) is 2.62. The molecule has 1 fully saturated rings. The Hall–Kier alpha value is -2.24. The van der Waals surface area contributed by atoms with Crippen LogP contribution in [0.3, 0.4) is 0 Å². The molecule has 112 valence electrons. The molecule has 6 nitrogen and oxygen atoms in total. The van der Waals surface area contributed by atoms with E-state index in [0.717, 1.165) is 29.8 Å². The number of hydrogen-bond donors (Lipinski definition) is 3. The monoisotopic (exact) mass is 289 g/mol. The van der Waals surface area contributed by atoms with E-state index >= 15 is 0 Å². The van der Waals surface area contributed by atoms with Crippen LogP contribution in [0.5, 0.6) is 5.75 Å². The number of amides is 3. The molecule has 1 spiro atoms. The van der Waals surface area contributed by atoms with E-state index < -0.39 is 11.6 Å². The summed E-state index contributed by atoms with van der Waals surface area (Å²) in [5.41, 5.74) is 0.687. The lowest BCUT2D eigenvalue weighted by Crippen LogP contribution is -2.47. The number of ether oxygens (including phenoxy) is 1. The van der Waals surface area contributed by atoms with Gasteiger partial charge in [0.15, 0.2) is 0 Å². The molecule has 2 aliphatic heterocycles. The minimum atomic E-state index is -0.945. The third-order valence-corrected chi connectivity index (χ3v) is 3.97. The van der Waals surface area contributed by atoms with E-state index in [1.165, 1.54) is 0 Å². The van der Waals surface area contributed by atoms with Crippen LogP contribution in [0.25, 0.3) is 0 Å². The number of rotatable bonds is 4. The van der Waals surface area contributed by atoms with Crippen LogP contribution in [0.15, 0.2) is 18.2 Å². The molecule has 3 N–H and O–H groups in total. The highest BCUT2D eigenvalue weighted by molar-refractivity contribution is 6.08. The van der Waals surface area contributed by atoms with Crippen LogP contribution in [0, 0.1) is 0 Å². The smallest absolute Gasteiger partial charge is 0.322 e. The maximum absolute atomic E-state index is 12.2. The van der Waals surface area contributed by atoms with Crippen LogP contribution in [-0.4, -0.2) is 25.1 Å². The van der Waals surface area contributed by atoms with E-state index in [2.05, 4.69) is 22.9 Å². The van der Waals surface area contributed by atoms with E-state index in [4.69, 9.17) is 4.74 Å². The van der Waals surface area contributed by atoms with Crippen molar-refractivity contribution in [2.24, 2.45) is 0 Å². The fraction of sp³-hybridized carbons (Fsp3) is 0.467. The Labute approximate surface area is 123 Å². The SMILES string of the molecule is CCCCOc1ccc2c(c1)NCCC21NC(=O)NC1=O. The van der Waals surface area contributed by atoms with Gasteiger partial charge in [-0.2, -0.15) is 0 Å². The average Bonchev–Trinajstić information content (AvgIpc) is 2.74. The largest absolute Gasteiger partial charge is 0.494 e. The number of carbonyl (C=O) groups is 2. The van der Waals surface area contributed by atoms with Crippen molar-refractivity contribution in [1.82, 2.24) is 10.6 Å². The van der Waals surface area contributed by atoms with Crippen LogP contribution in [0.2, 0.25) is 0 Å². The number of anilines is 1. The first-order chi connectivity index (χ1) is 10.2. The molecule has 0 bridgehead atoms. The van der Waals surface area contributed by atoms with Gasteiger partial charge in [0.2, 0.25) is 0 Å². The van der Waals surface area contributed by atoms with Gasteiger partial charge in [0.25, 0.3) is 5.91 Å². The number of fused-ring (bicyclic) bond motifs is 2. The summed E-state index contributed by atoms with van der Waals surface area (Å²) in [6, 6.07) is 5.16. The zero-order chi connectivity index (χ0) is 14.9. The molecule has 0 aliphatic carbocycles. The average molecular weight is 289 g/mol. The van der Waals surface area contributed by atoms with Crippen molar-refractivity contribution in [2.45, 2.75) is 31.7 Å². The second-order valence-electron chi connectivity index (χ2n) is 5.40. The first-order valence-electron chi connectivity index (χ1n) is 7.30. The van der Waals surface area contributed by atoms with E-state index in [9.17, 15) is 9.59 Å². The van der Waals surface area contributed by atoms with E-state index in [1.807, 2.05) is 18.2 Å². The summed E-state index contributed by atoms with van der Waals surface area (Å²) in [6.45, 7) is 3.42. The van der Waals surface area contributed by atoms with Crippen LogP contribution >= 0.6 is 0 Å². The van der Waals surface area contributed by atoms with Gasteiger partial charge in [0, 0.05) is 30.3 Å². The van der Waals surface area contributed by atoms with E-state index in [1.54, 1.807) is 0 Å². The Balaban J connectivity index is 1.89. The van der Waals surface area contributed by atoms with Gasteiger partial charge in [-0.1, -0.05) is 19.4 Å². The quantitative estimate of drug-likeness (QED) is 0.582. The fourth-order valence-corrected chi connectivity index (χ4v) is 2.84. The van der Waals surface area contributed by atoms with Crippen LogP contribution < -0.4 is 20.7 Å². The number of nitrogens with one attached hydrogen (secondary N) is 3. The number of urea groups is 1. The predicted molar refractivity (Wildman–Crippen MR) is 78.3 cm³/mol. The summed E-state index contributed by atoms with van der Waals surface area (Å²) in [5, 5.41) is 8.36. The molecule has 1 unspecified atom stereocenters. The molecule has 1 aromatic carbocycles. The highest BCUT2D eigenvalue weighted by Crippen LogP contribution is 2.39. The van der Waals surface area contributed by atoms with Gasteiger partial charge in [0.1, 0.15) is 11.3 Å². The Bertz CT molecular complexity index is 588. The van der Waals surface area contributed by atoms with Crippen molar-refractivity contribution in [2.75, 3.05) is 18.5 Å². The molecule has 1 saturated heterocycles. The molecule has 1 aromatic rings. The first kappa shape index (κ1) is 13.7. The topological polar surface area (TPSA) is 79.5 Å². The normalized spacial score (nSPS) is 23.3. The molecule has 3 rings (SSSR count). The fourth-order valence-electron chi connectivity index (χ4n) is 2.84. The molecule has 6 heteroatoms. The number of benzene rings is 1. The third-order valence-electron chi connectivity index (χ3n) is 3.97. The first-order valence-corrected chi connectivity index (χ1v) is 7.30. The number of carbonyl (C=O) groups excluding carboxylic acids is 2. The summed E-state index contributed by atoms with van der Waals surface area (Å²) < 4.78 is 5.68. The lowest BCUT2D eigenvalue weighted by molar-refractivity contribution is -0.124. The van der Waals surface area contributed by atoms with Gasteiger partial charge in [-0.05, 0) is 12.5 Å².